The number of carbonyl (C=O) groups excluding carboxylic acids is 1. The van der Waals surface area contributed by atoms with Crippen LogP contribution in [0, 0.1) is 5.92 Å². The first kappa shape index (κ1) is 16.7. The third kappa shape index (κ3) is 4.45. The summed E-state index contributed by atoms with van der Waals surface area (Å²) < 4.78 is 5.92. The number of amides is 1. The second kappa shape index (κ2) is 8.11. The number of hydrogen-bond donors (Lipinski definition) is 1. The first-order valence-electron chi connectivity index (χ1n) is 8.23. The lowest BCUT2D eigenvalue weighted by molar-refractivity contribution is 0.102. The van der Waals surface area contributed by atoms with Gasteiger partial charge in [0.15, 0.2) is 11.6 Å². The minimum absolute atomic E-state index is 0.275. The molecule has 3 rings (SSSR count). The fraction of sp³-hybridized carbons (Fsp3) is 0.389. The average Bonchev–Trinajstić information content (AvgIpc) is 2.62. The highest BCUT2D eigenvalue weighted by Gasteiger charge is 2.16. The molecule has 24 heavy (non-hydrogen) atoms. The van der Waals surface area contributed by atoms with Gasteiger partial charge in [-0.3, -0.25) is 4.79 Å². The van der Waals surface area contributed by atoms with Gasteiger partial charge < -0.3 is 10.1 Å². The molecular formula is C18H20ClN3O2. The molecule has 126 valence electrons. The summed E-state index contributed by atoms with van der Waals surface area (Å²) in [7, 11) is 0. The summed E-state index contributed by atoms with van der Waals surface area (Å²) >= 11 is 5.83. The molecule has 1 aliphatic carbocycles. The Labute approximate surface area is 146 Å². The minimum atomic E-state index is -0.291. The van der Waals surface area contributed by atoms with E-state index in [9.17, 15) is 4.79 Å². The van der Waals surface area contributed by atoms with Crippen molar-refractivity contribution in [3.05, 3.63) is 47.4 Å². The van der Waals surface area contributed by atoms with E-state index in [1.165, 1.54) is 44.4 Å². The Balaban J connectivity index is 1.66. The molecule has 5 nitrogen and oxygen atoms in total. The monoisotopic (exact) mass is 345 g/mol. The molecule has 0 saturated heterocycles. The van der Waals surface area contributed by atoms with Crippen molar-refractivity contribution in [2.45, 2.75) is 32.1 Å². The average molecular weight is 346 g/mol. The molecular weight excluding hydrogens is 326 g/mol. The van der Waals surface area contributed by atoms with E-state index in [1.54, 1.807) is 18.3 Å². The molecule has 2 aromatic heterocycles. The predicted molar refractivity (Wildman–Crippen MR) is 93.5 cm³/mol. The Kier molecular flexibility index (Phi) is 5.64. The van der Waals surface area contributed by atoms with E-state index in [0.717, 1.165) is 0 Å². The van der Waals surface area contributed by atoms with Crippen LogP contribution in [0.2, 0.25) is 5.15 Å². The fourth-order valence-corrected chi connectivity index (χ4v) is 3.06. The number of anilines is 1. The zero-order valence-corrected chi connectivity index (χ0v) is 14.1. The number of halogens is 1. The Hall–Kier alpha value is -2.14. The zero-order valence-electron chi connectivity index (χ0n) is 13.4. The molecule has 0 atom stereocenters. The summed E-state index contributed by atoms with van der Waals surface area (Å²) in [5, 5.41) is 3.06. The lowest BCUT2D eigenvalue weighted by Gasteiger charge is -2.22. The smallest absolute Gasteiger partial charge is 0.257 e. The van der Waals surface area contributed by atoms with Crippen LogP contribution in [0.3, 0.4) is 0 Å². The van der Waals surface area contributed by atoms with E-state index in [1.807, 2.05) is 6.07 Å². The van der Waals surface area contributed by atoms with Gasteiger partial charge in [0.25, 0.3) is 5.91 Å². The van der Waals surface area contributed by atoms with Crippen LogP contribution in [0.1, 0.15) is 42.5 Å². The van der Waals surface area contributed by atoms with Crippen molar-refractivity contribution < 1.29 is 9.53 Å². The molecule has 0 spiro atoms. The van der Waals surface area contributed by atoms with Crippen LogP contribution < -0.4 is 10.1 Å². The van der Waals surface area contributed by atoms with Crippen LogP contribution in [0.15, 0.2) is 36.7 Å². The Morgan fingerprint density at radius 3 is 2.83 bits per heavy atom. The van der Waals surface area contributed by atoms with E-state index in [-0.39, 0.29) is 11.1 Å². The number of aromatic nitrogens is 2. The Morgan fingerprint density at radius 2 is 2.04 bits per heavy atom. The van der Waals surface area contributed by atoms with Gasteiger partial charge in [-0.2, -0.15) is 0 Å². The van der Waals surface area contributed by atoms with Gasteiger partial charge in [-0.1, -0.05) is 30.9 Å². The van der Waals surface area contributed by atoms with Crippen molar-refractivity contribution in [3.8, 4) is 5.75 Å². The van der Waals surface area contributed by atoms with Gasteiger partial charge in [-0.25, -0.2) is 9.97 Å². The largest absolute Gasteiger partial charge is 0.489 e. The molecule has 0 aromatic carbocycles. The highest BCUT2D eigenvalue weighted by molar-refractivity contribution is 6.29. The minimum Gasteiger partial charge on any atom is -0.489 e. The fourth-order valence-electron chi connectivity index (χ4n) is 2.89. The number of nitrogens with one attached hydrogen (secondary N) is 1. The summed E-state index contributed by atoms with van der Waals surface area (Å²) in [6.45, 7) is 0.662. The van der Waals surface area contributed by atoms with Gasteiger partial charge in [-0.05, 0) is 43.0 Å². The van der Waals surface area contributed by atoms with Crippen LogP contribution in [0.5, 0.6) is 5.75 Å². The molecule has 1 aliphatic rings. The molecule has 0 unspecified atom stereocenters. The molecule has 2 heterocycles. The predicted octanol–water partition coefficient (Wildman–Crippen LogP) is 4.34. The second-order valence-electron chi connectivity index (χ2n) is 5.99. The van der Waals surface area contributed by atoms with Crippen molar-refractivity contribution in [2.75, 3.05) is 11.9 Å². The topological polar surface area (TPSA) is 64.1 Å². The van der Waals surface area contributed by atoms with E-state index in [0.29, 0.717) is 29.7 Å². The number of rotatable bonds is 5. The van der Waals surface area contributed by atoms with Gasteiger partial charge in [0.2, 0.25) is 0 Å². The molecule has 6 heteroatoms. The van der Waals surface area contributed by atoms with Crippen molar-refractivity contribution >= 4 is 23.3 Å². The van der Waals surface area contributed by atoms with E-state index in [4.69, 9.17) is 16.3 Å². The normalized spacial score (nSPS) is 15.0. The standard InChI is InChI=1S/C18H20ClN3O2/c19-16-11-14(8-10-20-16)18(23)22-17-15(7-4-9-21-17)24-12-13-5-2-1-3-6-13/h4,7-11,13H,1-3,5-6,12H2,(H,21,22,23). The Bertz CT molecular complexity index is 702. The molecule has 1 saturated carbocycles. The van der Waals surface area contributed by atoms with Crippen molar-refractivity contribution in [1.82, 2.24) is 9.97 Å². The molecule has 0 radical (unpaired) electrons. The highest BCUT2D eigenvalue weighted by atomic mass is 35.5. The van der Waals surface area contributed by atoms with Crippen LogP contribution in [-0.4, -0.2) is 22.5 Å². The van der Waals surface area contributed by atoms with E-state index in [2.05, 4.69) is 15.3 Å². The summed E-state index contributed by atoms with van der Waals surface area (Å²) in [6.07, 6.45) is 9.40. The number of hydrogen-bond acceptors (Lipinski definition) is 4. The SMILES string of the molecule is O=C(Nc1ncccc1OCC1CCCCC1)c1ccnc(Cl)c1. The first-order chi connectivity index (χ1) is 11.7. The van der Waals surface area contributed by atoms with Crippen LogP contribution >= 0.6 is 11.6 Å². The van der Waals surface area contributed by atoms with Gasteiger partial charge in [0, 0.05) is 18.0 Å². The number of pyridine rings is 2. The molecule has 1 amide bonds. The summed E-state index contributed by atoms with van der Waals surface area (Å²) in [6, 6.07) is 6.75. The summed E-state index contributed by atoms with van der Waals surface area (Å²) in [5.74, 6) is 1.31. The zero-order chi connectivity index (χ0) is 16.8. The number of nitrogens with zero attached hydrogens (tertiary/aromatic N) is 2. The van der Waals surface area contributed by atoms with Crippen LogP contribution in [0.25, 0.3) is 0 Å². The van der Waals surface area contributed by atoms with Gasteiger partial charge >= 0.3 is 0 Å². The van der Waals surface area contributed by atoms with Gasteiger partial charge in [0.1, 0.15) is 5.15 Å². The molecule has 1 N–H and O–H groups in total. The second-order valence-corrected chi connectivity index (χ2v) is 6.37. The van der Waals surface area contributed by atoms with Crippen LogP contribution in [-0.2, 0) is 0 Å². The third-order valence-electron chi connectivity index (χ3n) is 4.19. The van der Waals surface area contributed by atoms with Crippen molar-refractivity contribution in [1.29, 1.82) is 0 Å². The number of ether oxygens (including phenoxy) is 1. The van der Waals surface area contributed by atoms with Crippen molar-refractivity contribution in [3.63, 3.8) is 0 Å². The lowest BCUT2D eigenvalue weighted by Crippen LogP contribution is -2.17. The third-order valence-corrected chi connectivity index (χ3v) is 4.40. The first-order valence-corrected chi connectivity index (χ1v) is 8.61. The van der Waals surface area contributed by atoms with Crippen molar-refractivity contribution in [2.24, 2.45) is 5.92 Å². The quantitative estimate of drug-likeness (QED) is 0.818. The van der Waals surface area contributed by atoms with Gasteiger partial charge in [-0.15, -0.1) is 0 Å². The Morgan fingerprint density at radius 1 is 1.21 bits per heavy atom. The van der Waals surface area contributed by atoms with E-state index < -0.39 is 0 Å². The van der Waals surface area contributed by atoms with Crippen LogP contribution in [0.4, 0.5) is 5.82 Å². The maximum Gasteiger partial charge on any atom is 0.257 e. The maximum atomic E-state index is 12.3. The number of carbonyl (C=O) groups is 1. The summed E-state index contributed by atoms with van der Waals surface area (Å²) in [5.41, 5.74) is 0.430. The molecule has 2 aromatic rings. The molecule has 0 aliphatic heterocycles. The summed E-state index contributed by atoms with van der Waals surface area (Å²) in [4.78, 5) is 20.4. The van der Waals surface area contributed by atoms with Gasteiger partial charge in [0.05, 0.1) is 6.61 Å². The highest BCUT2D eigenvalue weighted by Crippen LogP contribution is 2.27. The molecule has 0 bridgehead atoms. The lowest BCUT2D eigenvalue weighted by atomic mass is 9.90. The molecule has 1 fully saturated rings. The maximum absolute atomic E-state index is 12.3. The van der Waals surface area contributed by atoms with E-state index >= 15 is 0 Å².